The topological polar surface area (TPSA) is 17.1 Å². The van der Waals surface area contributed by atoms with Crippen molar-refractivity contribution in [1.29, 1.82) is 0 Å². The monoisotopic (exact) mass is 222 g/mol. The summed E-state index contributed by atoms with van der Waals surface area (Å²) in [5.41, 5.74) is 1.79. The number of benzene rings is 1. The minimum Gasteiger partial charge on any atom is -0.300 e. The van der Waals surface area contributed by atoms with Crippen molar-refractivity contribution in [1.82, 2.24) is 0 Å². The lowest BCUT2D eigenvalue weighted by molar-refractivity contribution is -0.119. The predicted octanol–water partition coefficient (Wildman–Crippen LogP) is 3.83. The van der Waals surface area contributed by atoms with Crippen LogP contribution in [0, 0.1) is 12.7 Å². The maximum absolute atomic E-state index is 13.0. The second-order valence-corrected chi connectivity index (χ2v) is 4.23. The van der Waals surface area contributed by atoms with Crippen molar-refractivity contribution >= 4 is 5.78 Å². The minimum atomic E-state index is -0.161. The average molecular weight is 222 g/mol. The number of carbonyl (C=O) groups is 1. The molecule has 2 heteroatoms. The van der Waals surface area contributed by atoms with Crippen LogP contribution in [0.5, 0.6) is 0 Å². The molecule has 16 heavy (non-hydrogen) atoms. The Morgan fingerprint density at radius 1 is 1.31 bits per heavy atom. The molecule has 0 aliphatic carbocycles. The Kier molecular flexibility index (Phi) is 5.17. The standard InChI is InChI=1S/C14H19FO/c1-3-5-13(16)7-4-6-12-8-9-14(15)11(2)10-12/h8-10H,3-7H2,1-2H3. The van der Waals surface area contributed by atoms with Gasteiger partial charge in [0.25, 0.3) is 0 Å². The predicted molar refractivity (Wildman–Crippen MR) is 64.0 cm³/mol. The molecule has 0 saturated heterocycles. The lowest BCUT2D eigenvalue weighted by Gasteiger charge is -2.03. The van der Waals surface area contributed by atoms with Gasteiger partial charge < -0.3 is 0 Å². The zero-order valence-corrected chi connectivity index (χ0v) is 10.1. The van der Waals surface area contributed by atoms with Crippen LogP contribution in [0.4, 0.5) is 4.39 Å². The van der Waals surface area contributed by atoms with Crippen LogP contribution in [0.3, 0.4) is 0 Å². The summed E-state index contributed by atoms with van der Waals surface area (Å²) in [4.78, 5) is 11.3. The molecule has 0 aliphatic rings. The van der Waals surface area contributed by atoms with Gasteiger partial charge in [-0.1, -0.05) is 19.1 Å². The van der Waals surface area contributed by atoms with Gasteiger partial charge in [-0.2, -0.15) is 0 Å². The van der Waals surface area contributed by atoms with Gasteiger partial charge in [-0.05, 0) is 43.4 Å². The smallest absolute Gasteiger partial charge is 0.132 e. The summed E-state index contributed by atoms with van der Waals surface area (Å²) < 4.78 is 13.0. The Morgan fingerprint density at radius 2 is 2.06 bits per heavy atom. The number of hydrogen-bond donors (Lipinski definition) is 0. The highest BCUT2D eigenvalue weighted by Crippen LogP contribution is 2.12. The van der Waals surface area contributed by atoms with Crippen LogP contribution in [0.2, 0.25) is 0 Å². The van der Waals surface area contributed by atoms with E-state index >= 15 is 0 Å². The van der Waals surface area contributed by atoms with Crippen molar-refractivity contribution in [3.05, 3.63) is 35.1 Å². The molecule has 0 aliphatic heterocycles. The molecule has 0 N–H and O–H groups in total. The summed E-state index contributed by atoms with van der Waals surface area (Å²) in [5, 5.41) is 0. The fourth-order valence-corrected chi connectivity index (χ4v) is 1.76. The summed E-state index contributed by atoms with van der Waals surface area (Å²) in [7, 11) is 0. The van der Waals surface area contributed by atoms with Crippen molar-refractivity contribution in [3.8, 4) is 0 Å². The van der Waals surface area contributed by atoms with Crippen LogP contribution in [-0.2, 0) is 11.2 Å². The number of rotatable bonds is 6. The second kappa shape index (κ2) is 6.41. The Labute approximate surface area is 96.7 Å². The summed E-state index contributed by atoms with van der Waals surface area (Å²) in [6.07, 6.45) is 3.97. The molecule has 1 rings (SSSR count). The molecular weight excluding hydrogens is 203 g/mol. The van der Waals surface area contributed by atoms with E-state index in [1.807, 2.05) is 13.0 Å². The van der Waals surface area contributed by atoms with Gasteiger partial charge in [0.15, 0.2) is 0 Å². The van der Waals surface area contributed by atoms with E-state index < -0.39 is 0 Å². The van der Waals surface area contributed by atoms with E-state index in [1.165, 1.54) is 6.07 Å². The maximum Gasteiger partial charge on any atom is 0.132 e. The highest BCUT2D eigenvalue weighted by atomic mass is 19.1. The van der Waals surface area contributed by atoms with Gasteiger partial charge in [-0.15, -0.1) is 0 Å². The second-order valence-electron chi connectivity index (χ2n) is 4.23. The van der Waals surface area contributed by atoms with E-state index in [4.69, 9.17) is 0 Å². The van der Waals surface area contributed by atoms with Crippen LogP contribution in [-0.4, -0.2) is 5.78 Å². The number of hydrogen-bond acceptors (Lipinski definition) is 1. The highest BCUT2D eigenvalue weighted by molar-refractivity contribution is 5.78. The number of carbonyl (C=O) groups excluding carboxylic acids is 1. The van der Waals surface area contributed by atoms with Crippen LogP contribution < -0.4 is 0 Å². The number of ketones is 1. The quantitative estimate of drug-likeness (QED) is 0.715. The van der Waals surface area contributed by atoms with Crippen LogP contribution in [0.25, 0.3) is 0 Å². The first kappa shape index (κ1) is 12.9. The molecule has 1 nitrogen and oxygen atoms in total. The minimum absolute atomic E-state index is 0.161. The molecule has 1 aromatic rings. The van der Waals surface area contributed by atoms with Crippen LogP contribution >= 0.6 is 0 Å². The summed E-state index contributed by atoms with van der Waals surface area (Å²) in [5.74, 6) is 0.173. The molecule has 0 unspecified atom stereocenters. The van der Waals surface area contributed by atoms with E-state index in [1.54, 1.807) is 13.0 Å². The molecule has 0 aromatic heterocycles. The molecule has 0 amide bonds. The van der Waals surface area contributed by atoms with Crippen molar-refractivity contribution in [2.75, 3.05) is 0 Å². The third-order valence-corrected chi connectivity index (χ3v) is 2.67. The Morgan fingerprint density at radius 3 is 2.69 bits per heavy atom. The van der Waals surface area contributed by atoms with Crippen molar-refractivity contribution in [2.45, 2.75) is 46.0 Å². The van der Waals surface area contributed by atoms with Gasteiger partial charge in [-0.25, -0.2) is 4.39 Å². The first-order valence-electron chi connectivity index (χ1n) is 5.90. The zero-order valence-electron chi connectivity index (χ0n) is 10.1. The molecule has 0 saturated carbocycles. The van der Waals surface area contributed by atoms with Gasteiger partial charge in [0.2, 0.25) is 0 Å². The Hall–Kier alpha value is -1.18. The third kappa shape index (κ3) is 4.13. The largest absolute Gasteiger partial charge is 0.300 e. The molecule has 88 valence electrons. The maximum atomic E-state index is 13.0. The molecular formula is C14H19FO. The molecule has 0 spiro atoms. The van der Waals surface area contributed by atoms with Crippen LogP contribution in [0.1, 0.15) is 43.7 Å². The number of aryl methyl sites for hydroxylation is 2. The highest BCUT2D eigenvalue weighted by Gasteiger charge is 2.02. The average Bonchev–Trinajstić information content (AvgIpc) is 2.24. The molecule has 0 bridgehead atoms. The number of Topliss-reactive ketones (excluding diaryl/α,β-unsaturated/α-hetero) is 1. The molecule has 0 heterocycles. The van der Waals surface area contributed by atoms with Crippen molar-refractivity contribution in [2.24, 2.45) is 0 Å². The summed E-state index contributed by atoms with van der Waals surface area (Å²) in [6, 6.07) is 5.16. The lowest BCUT2D eigenvalue weighted by Crippen LogP contribution is -1.98. The van der Waals surface area contributed by atoms with Gasteiger partial charge in [0.1, 0.15) is 11.6 Å². The van der Waals surface area contributed by atoms with E-state index in [2.05, 4.69) is 0 Å². The van der Waals surface area contributed by atoms with Gasteiger partial charge in [-0.3, -0.25) is 4.79 Å². The van der Waals surface area contributed by atoms with Crippen molar-refractivity contribution in [3.63, 3.8) is 0 Å². The first-order valence-corrected chi connectivity index (χ1v) is 5.90. The zero-order chi connectivity index (χ0) is 12.0. The number of halogens is 1. The normalized spacial score (nSPS) is 10.4. The fourth-order valence-electron chi connectivity index (χ4n) is 1.76. The van der Waals surface area contributed by atoms with Gasteiger partial charge in [0, 0.05) is 12.8 Å². The van der Waals surface area contributed by atoms with Crippen molar-refractivity contribution < 1.29 is 9.18 Å². The SMILES string of the molecule is CCCC(=O)CCCc1ccc(F)c(C)c1. The van der Waals surface area contributed by atoms with E-state index in [-0.39, 0.29) is 5.82 Å². The molecule has 0 atom stereocenters. The Bertz CT molecular complexity index is 358. The van der Waals surface area contributed by atoms with Crippen LogP contribution in [0.15, 0.2) is 18.2 Å². The Balaban J connectivity index is 2.37. The fraction of sp³-hybridized carbons (Fsp3) is 0.500. The van der Waals surface area contributed by atoms with Gasteiger partial charge in [0.05, 0.1) is 0 Å². The van der Waals surface area contributed by atoms with E-state index in [0.29, 0.717) is 24.2 Å². The molecule has 1 aromatic carbocycles. The first-order chi connectivity index (χ1) is 7.63. The third-order valence-electron chi connectivity index (χ3n) is 2.67. The van der Waals surface area contributed by atoms with E-state index in [9.17, 15) is 9.18 Å². The van der Waals surface area contributed by atoms with Gasteiger partial charge >= 0.3 is 0 Å². The molecule has 0 radical (unpaired) electrons. The molecule has 0 fully saturated rings. The summed E-state index contributed by atoms with van der Waals surface area (Å²) >= 11 is 0. The van der Waals surface area contributed by atoms with E-state index in [0.717, 1.165) is 24.8 Å². The lowest BCUT2D eigenvalue weighted by atomic mass is 10.0. The summed E-state index contributed by atoms with van der Waals surface area (Å²) in [6.45, 7) is 3.78.